The lowest BCUT2D eigenvalue weighted by Crippen LogP contribution is -2.55. The first-order valence-corrected chi connectivity index (χ1v) is 8.66. The highest BCUT2D eigenvalue weighted by Crippen LogP contribution is 2.19. The molecule has 22 heavy (non-hydrogen) atoms. The molecule has 3 amide bonds. The Morgan fingerprint density at radius 1 is 0.909 bits per heavy atom. The van der Waals surface area contributed by atoms with Gasteiger partial charge in [0.25, 0.3) is 0 Å². The molecule has 0 bridgehead atoms. The van der Waals surface area contributed by atoms with Gasteiger partial charge in [-0.2, -0.15) is 0 Å². The van der Waals surface area contributed by atoms with Crippen LogP contribution in [0.4, 0.5) is 4.79 Å². The number of nitrogens with zero attached hydrogens (tertiary/aromatic N) is 2. The lowest BCUT2D eigenvalue weighted by molar-refractivity contribution is -0.136. The lowest BCUT2D eigenvalue weighted by atomic mass is 9.96. The quantitative estimate of drug-likeness (QED) is 0.834. The SMILES string of the molecule is O=C(NC1CCCCC1)N1CCN(C(=O)C2CCOC2)CC1. The summed E-state index contributed by atoms with van der Waals surface area (Å²) in [5.41, 5.74) is 0. The molecule has 3 rings (SSSR count). The molecule has 2 heterocycles. The number of ether oxygens (including phenoxy) is 1. The van der Waals surface area contributed by atoms with E-state index in [1.165, 1.54) is 19.3 Å². The number of urea groups is 1. The summed E-state index contributed by atoms with van der Waals surface area (Å²) >= 11 is 0. The number of nitrogens with one attached hydrogen (secondary N) is 1. The zero-order valence-corrected chi connectivity index (χ0v) is 13.3. The van der Waals surface area contributed by atoms with Crippen LogP contribution in [0, 0.1) is 5.92 Å². The molecule has 0 aromatic rings. The molecule has 3 fully saturated rings. The van der Waals surface area contributed by atoms with Crippen molar-refractivity contribution in [1.82, 2.24) is 15.1 Å². The van der Waals surface area contributed by atoms with Crippen LogP contribution >= 0.6 is 0 Å². The first-order chi connectivity index (χ1) is 10.7. The molecule has 6 nitrogen and oxygen atoms in total. The van der Waals surface area contributed by atoms with Crippen LogP contribution in [0.3, 0.4) is 0 Å². The van der Waals surface area contributed by atoms with E-state index in [4.69, 9.17) is 4.74 Å². The first-order valence-electron chi connectivity index (χ1n) is 8.66. The van der Waals surface area contributed by atoms with Crippen LogP contribution in [0.15, 0.2) is 0 Å². The Labute approximate surface area is 132 Å². The fraction of sp³-hybridized carbons (Fsp3) is 0.875. The van der Waals surface area contributed by atoms with Crippen molar-refractivity contribution < 1.29 is 14.3 Å². The second kappa shape index (κ2) is 7.31. The van der Waals surface area contributed by atoms with Gasteiger partial charge in [0.15, 0.2) is 0 Å². The Balaban J connectivity index is 1.42. The molecular weight excluding hydrogens is 282 g/mol. The Morgan fingerprint density at radius 3 is 2.23 bits per heavy atom. The molecule has 6 heteroatoms. The molecule has 1 saturated carbocycles. The minimum absolute atomic E-state index is 0.0302. The van der Waals surface area contributed by atoms with Gasteiger partial charge in [0.2, 0.25) is 5.91 Å². The highest BCUT2D eigenvalue weighted by Gasteiger charge is 2.31. The van der Waals surface area contributed by atoms with E-state index in [1.807, 2.05) is 9.80 Å². The van der Waals surface area contributed by atoms with Crippen LogP contribution in [-0.2, 0) is 9.53 Å². The van der Waals surface area contributed by atoms with E-state index in [-0.39, 0.29) is 17.9 Å². The van der Waals surface area contributed by atoms with Gasteiger partial charge in [0.05, 0.1) is 12.5 Å². The van der Waals surface area contributed by atoms with Crippen LogP contribution in [0.1, 0.15) is 38.5 Å². The number of rotatable bonds is 2. The predicted octanol–water partition coefficient (Wildman–Crippen LogP) is 1.21. The highest BCUT2D eigenvalue weighted by atomic mass is 16.5. The minimum Gasteiger partial charge on any atom is -0.381 e. The number of carbonyl (C=O) groups is 2. The van der Waals surface area contributed by atoms with Crippen molar-refractivity contribution in [3.05, 3.63) is 0 Å². The number of hydrogen-bond acceptors (Lipinski definition) is 3. The first kappa shape index (κ1) is 15.6. The van der Waals surface area contributed by atoms with Gasteiger partial charge >= 0.3 is 6.03 Å². The van der Waals surface area contributed by atoms with Crippen LogP contribution < -0.4 is 5.32 Å². The van der Waals surface area contributed by atoms with Gasteiger partial charge in [-0.3, -0.25) is 4.79 Å². The zero-order chi connectivity index (χ0) is 15.4. The second-order valence-corrected chi connectivity index (χ2v) is 6.66. The molecule has 1 atom stereocenters. The largest absolute Gasteiger partial charge is 0.381 e. The Bertz CT molecular complexity index is 395. The van der Waals surface area contributed by atoms with Gasteiger partial charge in [-0.1, -0.05) is 19.3 Å². The van der Waals surface area contributed by atoms with E-state index in [1.54, 1.807) is 0 Å². The molecule has 1 unspecified atom stereocenters. The number of carbonyl (C=O) groups excluding carboxylic acids is 2. The monoisotopic (exact) mass is 309 g/mol. The summed E-state index contributed by atoms with van der Waals surface area (Å²) in [7, 11) is 0. The van der Waals surface area contributed by atoms with Crippen molar-refractivity contribution in [2.24, 2.45) is 5.92 Å². The average Bonchev–Trinajstić information content (AvgIpc) is 3.10. The maximum Gasteiger partial charge on any atom is 0.317 e. The molecule has 124 valence electrons. The lowest BCUT2D eigenvalue weighted by Gasteiger charge is -2.36. The summed E-state index contributed by atoms with van der Waals surface area (Å²) in [6.07, 6.45) is 6.77. The third-order valence-corrected chi connectivity index (χ3v) is 5.09. The molecule has 0 aromatic carbocycles. The molecular formula is C16H27N3O3. The van der Waals surface area contributed by atoms with Crippen LogP contribution in [0.5, 0.6) is 0 Å². The maximum absolute atomic E-state index is 12.3. The van der Waals surface area contributed by atoms with E-state index in [0.717, 1.165) is 19.3 Å². The van der Waals surface area contributed by atoms with Gasteiger partial charge in [0.1, 0.15) is 0 Å². The third kappa shape index (κ3) is 3.72. The predicted molar refractivity (Wildman–Crippen MR) is 82.5 cm³/mol. The summed E-state index contributed by atoms with van der Waals surface area (Å²) in [5, 5.41) is 3.15. The fourth-order valence-corrected chi connectivity index (χ4v) is 3.63. The smallest absolute Gasteiger partial charge is 0.317 e. The summed E-state index contributed by atoms with van der Waals surface area (Å²) in [5.74, 6) is 0.229. The summed E-state index contributed by atoms with van der Waals surface area (Å²) in [4.78, 5) is 28.4. The molecule has 3 aliphatic rings. The van der Waals surface area contributed by atoms with E-state index in [0.29, 0.717) is 45.4 Å². The minimum atomic E-state index is 0.0302. The molecule has 2 aliphatic heterocycles. The standard InChI is InChI=1S/C16H27N3O3/c20-15(13-6-11-22-12-13)18-7-9-19(10-8-18)16(21)17-14-4-2-1-3-5-14/h13-14H,1-12H2,(H,17,21). The fourth-order valence-electron chi connectivity index (χ4n) is 3.63. The topological polar surface area (TPSA) is 61.9 Å². The van der Waals surface area contributed by atoms with Crippen LogP contribution in [0.25, 0.3) is 0 Å². The number of hydrogen-bond donors (Lipinski definition) is 1. The second-order valence-electron chi connectivity index (χ2n) is 6.66. The molecule has 0 radical (unpaired) electrons. The number of amides is 3. The molecule has 1 N–H and O–H groups in total. The van der Waals surface area contributed by atoms with Crippen molar-refractivity contribution in [2.45, 2.75) is 44.6 Å². The molecule has 0 spiro atoms. The van der Waals surface area contributed by atoms with Crippen molar-refractivity contribution in [1.29, 1.82) is 0 Å². The summed E-state index contributed by atoms with van der Waals surface area (Å²) < 4.78 is 5.29. The van der Waals surface area contributed by atoms with E-state index >= 15 is 0 Å². The molecule has 0 aromatic heterocycles. The Hall–Kier alpha value is -1.30. The summed E-state index contributed by atoms with van der Waals surface area (Å²) in [6, 6.07) is 0.389. The average molecular weight is 309 g/mol. The van der Waals surface area contributed by atoms with Crippen LogP contribution in [0.2, 0.25) is 0 Å². The van der Waals surface area contributed by atoms with E-state index in [2.05, 4.69) is 5.32 Å². The van der Waals surface area contributed by atoms with Gasteiger partial charge < -0.3 is 19.9 Å². The van der Waals surface area contributed by atoms with Gasteiger partial charge in [-0.05, 0) is 19.3 Å². The Morgan fingerprint density at radius 2 is 1.59 bits per heavy atom. The normalized spacial score (nSPS) is 27.0. The summed E-state index contributed by atoms with van der Waals surface area (Å²) in [6.45, 7) is 3.82. The number of piperazine rings is 1. The van der Waals surface area contributed by atoms with Crippen molar-refractivity contribution in [2.75, 3.05) is 39.4 Å². The van der Waals surface area contributed by atoms with E-state index < -0.39 is 0 Å². The van der Waals surface area contributed by atoms with Gasteiger partial charge in [-0.15, -0.1) is 0 Å². The maximum atomic E-state index is 12.3. The molecule has 2 saturated heterocycles. The van der Waals surface area contributed by atoms with Crippen molar-refractivity contribution in [3.8, 4) is 0 Å². The highest BCUT2D eigenvalue weighted by molar-refractivity contribution is 5.80. The van der Waals surface area contributed by atoms with Crippen molar-refractivity contribution >= 4 is 11.9 Å². The van der Waals surface area contributed by atoms with Crippen LogP contribution in [-0.4, -0.2) is 67.2 Å². The van der Waals surface area contributed by atoms with Crippen molar-refractivity contribution in [3.63, 3.8) is 0 Å². The van der Waals surface area contributed by atoms with Gasteiger partial charge in [0, 0.05) is 38.8 Å². The molecule has 1 aliphatic carbocycles. The van der Waals surface area contributed by atoms with E-state index in [9.17, 15) is 9.59 Å². The third-order valence-electron chi connectivity index (χ3n) is 5.09. The van der Waals surface area contributed by atoms with Gasteiger partial charge in [-0.25, -0.2) is 4.79 Å². The zero-order valence-electron chi connectivity index (χ0n) is 13.3. The Kier molecular flexibility index (Phi) is 5.18.